The van der Waals surface area contributed by atoms with Crippen LogP contribution in [0, 0.1) is 5.82 Å². The van der Waals surface area contributed by atoms with E-state index >= 15 is 0 Å². The van der Waals surface area contributed by atoms with Gasteiger partial charge in [-0.25, -0.2) is 14.0 Å². The molecule has 3 N–H and O–H groups in total. The number of aliphatic hydroxyl groups excluding tert-OH is 2. The van der Waals surface area contributed by atoms with Crippen molar-refractivity contribution in [3.05, 3.63) is 22.5 Å². The lowest BCUT2D eigenvalue weighted by Gasteiger charge is -2.17. The minimum absolute atomic E-state index is 0.141. The molecule has 10 heteroatoms. The van der Waals surface area contributed by atoms with Gasteiger partial charge in [-0.15, -0.1) is 0 Å². The Balaban J connectivity index is 2.21. The summed E-state index contributed by atoms with van der Waals surface area (Å²) in [6.45, 7) is 3.43. The maximum Gasteiger partial charge on any atom is 0.412 e. The van der Waals surface area contributed by atoms with Crippen LogP contribution < -0.4 is 11.0 Å². The van der Waals surface area contributed by atoms with Gasteiger partial charge in [-0.05, 0) is 13.3 Å². The molecule has 2 rings (SSSR count). The molecule has 9 nitrogen and oxygen atoms in total. The molecule has 1 saturated heterocycles. The van der Waals surface area contributed by atoms with Crippen LogP contribution in [0.4, 0.5) is 15.0 Å². The summed E-state index contributed by atoms with van der Waals surface area (Å²) in [4.78, 5) is 26.7. The van der Waals surface area contributed by atoms with Crippen molar-refractivity contribution in [2.45, 2.75) is 44.8 Å². The van der Waals surface area contributed by atoms with Crippen molar-refractivity contribution in [3.63, 3.8) is 0 Å². The number of carbonyl (C=O) groups is 1. The van der Waals surface area contributed by atoms with Crippen molar-refractivity contribution in [2.24, 2.45) is 0 Å². The van der Waals surface area contributed by atoms with Crippen LogP contribution in [0.15, 0.2) is 11.0 Å². The summed E-state index contributed by atoms with van der Waals surface area (Å²) in [7, 11) is 0. The van der Waals surface area contributed by atoms with Crippen molar-refractivity contribution >= 4 is 11.9 Å². The molecule has 1 aliphatic rings. The number of aromatic nitrogens is 2. The van der Waals surface area contributed by atoms with Crippen LogP contribution in [0.3, 0.4) is 0 Å². The van der Waals surface area contributed by atoms with Gasteiger partial charge in [0.15, 0.2) is 17.9 Å². The highest BCUT2D eigenvalue weighted by atomic mass is 19.1. The zero-order valence-corrected chi connectivity index (χ0v) is 12.6. The molecule has 128 valence electrons. The van der Waals surface area contributed by atoms with Gasteiger partial charge in [0.2, 0.25) is 0 Å². The van der Waals surface area contributed by atoms with E-state index in [2.05, 4.69) is 4.98 Å². The van der Waals surface area contributed by atoms with Crippen LogP contribution >= 0.6 is 0 Å². The molecule has 1 aromatic rings. The normalized spacial score (nSPS) is 27.0. The number of nitrogens with one attached hydrogen (secondary N) is 1. The largest absolute Gasteiger partial charge is 0.449 e. The van der Waals surface area contributed by atoms with E-state index in [-0.39, 0.29) is 6.61 Å². The molecule has 1 aromatic heterocycles. The third kappa shape index (κ3) is 3.66. The molecule has 0 saturated carbocycles. The number of carbonyl (C=O) groups excluding carboxylic acids is 1. The summed E-state index contributed by atoms with van der Waals surface area (Å²) in [5.41, 5.74) is -0.956. The van der Waals surface area contributed by atoms with Crippen LogP contribution in [0.2, 0.25) is 0 Å². The number of hydrogen-bond donors (Lipinski definition) is 3. The third-order valence-corrected chi connectivity index (χ3v) is 3.32. The van der Waals surface area contributed by atoms with Crippen molar-refractivity contribution in [3.8, 4) is 0 Å². The lowest BCUT2D eigenvalue weighted by atomic mass is 10.1. The predicted molar refractivity (Wildman–Crippen MR) is 75.3 cm³/mol. The lowest BCUT2D eigenvalue weighted by molar-refractivity contribution is -0.0355. The zero-order chi connectivity index (χ0) is 17.1. The second-order valence-corrected chi connectivity index (χ2v) is 5.10. The van der Waals surface area contributed by atoms with E-state index < -0.39 is 48.0 Å². The van der Waals surface area contributed by atoms with Crippen molar-refractivity contribution in [1.82, 2.24) is 9.55 Å². The number of aliphatic hydroxyl groups is 2. The first-order chi connectivity index (χ1) is 10.8. The van der Waals surface area contributed by atoms with E-state index in [1.165, 1.54) is 6.92 Å². The van der Waals surface area contributed by atoms with E-state index in [1.54, 1.807) is 6.92 Å². The van der Waals surface area contributed by atoms with E-state index in [4.69, 9.17) is 9.47 Å². The number of rotatable bonds is 4. The second kappa shape index (κ2) is 7.02. The number of nitrogens with zero attached hydrogens (tertiary/aromatic N) is 2. The van der Waals surface area contributed by atoms with E-state index in [0.29, 0.717) is 6.42 Å². The monoisotopic (exact) mass is 331 g/mol. The van der Waals surface area contributed by atoms with Crippen LogP contribution in [0.25, 0.3) is 0 Å². The third-order valence-electron chi connectivity index (χ3n) is 3.32. The Morgan fingerprint density at radius 3 is 2.78 bits per heavy atom. The number of halogens is 1. The van der Waals surface area contributed by atoms with Gasteiger partial charge in [0.25, 0.3) is 0 Å². The Bertz CT molecular complexity index is 637. The minimum Gasteiger partial charge on any atom is -0.449 e. The van der Waals surface area contributed by atoms with Gasteiger partial charge in [-0.3, -0.25) is 9.88 Å². The first-order valence-corrected chi connectivity index (χ1v) is 7.09. The molecular weight excluding hydrogens is 313 g/mol. The Kier molecular flexibility index (Phi) is 5.29. The fourth-order valence-electron chi connectivity index (χ4n) is 2.10. The highest BCUT2D eigenvalue weighted by Gasteiger charge is 2.42. The van der Waals surface area contributed by atoms with E-state index in [1.807, 2.05) is 5.32 Å². The van der Waals surface area contributed by atoms with Crippen molar-refractivity contribution in [1.29, 1.82) is 0 Å². The molecule has 0 bridgehead atoms. The number of ether oxygens (including phenoxy) is 2. The van der Waals surface area contributed by atoms with Crippen LogP contribution in [0.1, 0.15) is 26.5 Å². The highest BCUT2D eigenvalue weighted by Crippen LogP contribution is 2.28. The SMILES string of the molecule is CCCOC(=O)Nc1nc(=O)n([C@@H]2O[C@H](C)[C@@H](O)[C@H]2O)cc1F. The molecular formula is C13H18FN3O6. The lowest BCUT2D eigenvalue weighted by Crippen LogP contribution is -2.36. The average Bonchev–Trinajstić information content (AvgIpc) is 2.76. The number of hydrogen-bond acceptors (Lipinski definition) is 7. The zero-order valence-electron chi connectivity index (χ0n) is 12.6. The van der Waals surface area contributed by atoms with Crippen LogP contribution in [-0.4, -0.2) is 50.8 Å². The van der Waals surface area contributed by atoms with Crippen molar-refractivity contribution < 1.29 is 28.9 Å². The standard InChI is InChI=1S/C13H18FN3O6/c1-3-4-22-13(21)16-10-7(14)5-17(12(20)15-10)11-9(19)8(18)6(2)23-11/h5-6,8-9,11,18-19H,3-4H2,1-2H3,(H,15,16,20,21)/t6-,8-,9-,11-/m1/s1. The summed E-state index contributed by atoms with van der Waals surface area (Å²) in [5.74, 6) is -1.60. The van der Waals surface area contributed by atoms with Crippen LogP contribution in [0.5, 0.6) is 0 Å². The maximum atomic E-state index is 14.0. The number of amides is 1. The fourth-order valence-corrected chi connectivity index (χ4v) is 2.10. The fraction of sp³-hybridized carbons (Fsp3) is 0.615. The molecule has 1 fully saturated rings. The highest BCUT2D eigenvalue weighted by molar-refractivity contribution is 5.83. The smallest absolute Gasteiger partial charge is 0.412 e. The molecule has 0 unspecified atom stereocenters. The second-order valence-electron chi connectivity index (χ2n) is 5.10. The molecule has 23 heavy (non-hydrogen) atoms. The van der Waals surface area contributed by atoms with Gasteiger partial charge in [-0.2, -0.15) is 4.98 Å². The van der Waals surface area contributed by atoms with Crippen molar-refractivity contribution in [2.75, 3.05) is 11.9 Å². The minimum atomic E-state index is -1.41. The molecule has 0 radical (unpaired) electrons. The van der Waals surface area contributed by atoms with E-state index in [0.717, 1.165) is 10.8 Å². The molecule has 0 aromatic carbocycles. The Hall–Kier alpha value is -2.04. The summed E-state index contributed by atoms with van der Waals surface area (Å²) >= 11 is 0. The average molecular weight is 331 g/mol. The maximum absolute atomic E-state index is 14.0. The Morgan fingerprint density at radius 1 is 1.52 bits per heavy atom. The van der Waals surface area contributed by atoms with Gasteiger partial charge >= 0.3 is 11.8 Å². The van der Waals surface area contributed by atoms with E-state index in [9.17, 15) is 24.2 Å². The summed E-state index contributed by atoms with van der Waals surface area (Å²) in [5, 5.41) is 21.5. The molecule has 1 amide bonds. The molecule has 1 aliphatic heterocycles. The summed E-state index contributed by atoms with van der Waals surface area (Å²) in [6, 6.07) is 0. The van der Waals surface area contributed by atoms with Gasteiger partial charge in [0.1, 0.15) is 12.2 Å². The Labute approximate surface area is 130 Å². The first-order valence-electron chi connectivity index (χ1n) is 7.09. The summed E-state index contributed by atoms with van der Waals surface area (Å²) in [6.07, 6.45) is -4.22. The van der Waals surface area contributed by atoms with Gasteiger partial charge in [0.05, 0.1) is 18.9 Å². The topological polar surface area (TPSA) is 123 Å². The molecule has 0 spiro atoms. The predicted octanol–water partition coefficient (Wildman–Crippen LogP) is -0.0200. The van der Waals surface area contributed by atoms with Crippen LogP contribution in [-0.2, 0) is 9.47 Å². The molecule has 2 heterocycles. The molecule has 4 atom stereocenters. The first kappa shape index (κ1) is 17.3. The van der Waals surface area contributed by atoms with Gasteiger partial charge in [0, 0.05) is 0 Å². The quantitative estimate of drug-likeness (QED) is 0.708. The van der Waals surface area contributed by atoms with Gasteiger partial charge < -0.3 is 19.7 Å². The Morgan fingerprint density at radius 2 is 2.22 bits per heavy atom. The summed E-state index contributed by atoms with van der Waals surface area (Å²) < 4.78 is 24.6. The number of anilines is 1. The van der Waals surface area contributed by atoms with Gasteiger partial charge in [-0.1, -0.05) is 6.92 Å². The molecule has 0 aliphatic carbocycles.